The Balaban J connectivity index is 2.85. The minimum atomic E-state index is -3.80. The number of sulfonamides is 1. The molecule has 8 heteroatoms. The number of benzene rings is 1. The Labute approximate surface area is 123 Å². The van der Waals surface area contributed by atoms with Crippen LogP contribution in [0.1, 0.15) is 30.1 Å². The van der Waals surface area contributed by atoms with Gasteiger partial charge in [0, 0.05) is 5.56 Å². The number of carbonyl (C=O) groups excluding carboxylic acids is 2. The van der Waals surface area contributed by atoms with Crippen LogP contribution in [0.5, 0.6) is 0 Å². The molecule has 0 aliphatic carbocycles. The molecule has 0 fully saturated rings. The summed E-state index contributed by atoms with van der Waals surface area (Å²) in [5.41, 5.74) is 0.229. The molecule has 1 rings (SSSR count). The molecule has 0 unspecified atom stereocenters. The lowest BCUT2D eigenvalue weighted by molar-refractivity contribution is -0.143. The van der Waals surface area contributed by atoms with Gasteiger partial charge in [-0.2, -0.15) is 0 Å². The van der Waals surface area contributed by atoms with Gasteiger partial charge in [0.25, 0.3) is 5.91 Å². The predicted octanol–water partition coefficient (Wildman–Crippen LogP) is 0.406. The van der Waals surface area contributed by atoms with E-state index in [2.05, 4.69) is 10.1 Å². The van der Waals surface area contributed by atoms with Crippen molar-refractivity contribution < 1.29 is 22.7 Å². The minimum absolute atomic E-state index is 0.0860. The highest BCUT2D eigenvalue weighted by Crippen LogP contribution is 2.09. The average Bonchev–Trinajstić information content (AvgIpc) is 2.45. The van der Waals surface area contributed by atoms with Gasteiger partial charge in [-0.1, -0.05) is 13.3 Å². The van der Waals surface area contributed by atoms with Crippen molar-refractivity contribution in [3.8, 4) is 0 Å². The fourth-order valence-corrected chi connectivity index (χ4v) is 2.23. The third kappa shape index (κ3) is 4.83. The monoisotopic (exact) mass is 314 g/mol. The second kappa shape index (κ2) is 7.19. The van der Waals surface area contributed by atoms with Crippen LogP contribution in [0, 0.1) is 0 Å². The molecule has 0 spiro atoms. The molecule has 0 aliphatic heterocycles. The average molecular weight is 314 g/mol. The van der Waals surface area contributed by atoms with E-state index in [1.807, 2.05) is 6.92 Å². The van der Waals surface area contributed by atoms with Crippen LogP contribution in [-0.2, 0) is 19.6 Å². The highest BCUT2D eigenvalue weighted by atomic mass is 32.2. The summed E-state index contributed by atoms with van der Waals surface area (Å²) in [7, 11) is -2.55. The molecule has 21 heavy (non-hydrogen) atoms. The van der Waals surface area contributed by atoms with Crippen molar-refractivity contribution in [2.24, 2.45) is 5.14 Å². The summed E-state index contributed by atoms with van der Waals surface area (Å²) in [5, 5.41) is 7.52. The van der Waals surface area contributed by atoms with Gasteiger partial charge >= 0.3 is 5.97 Å². The summed E-state index contributed by atoms with van der Waals surface area (Å²) in [6.45, 7) is 1.88. The first-order chi connectivity index (χ1) is 9.79. The SMILES string of the molecule is CCC[C@H](NC(=O)c1ccc(S(N)(=O)=O)cc1)C(=O)OC. The first kappa shape index (κ1) is 17.1. The van der Waals surface area contributed by atoms with Gasteiger partial charge in [0.1, 0.15) is 6.04 Å². The molecule has 0 radical (unpaired) electrons. The van der Waals surface area contributed by atoms with Crippen molar-refractivity contribution in [1.82, 2.24) is 5.32 Å². The van der Waals surface area contributed by atoms with Crippen LogP contribution in [0.15, 0.2) is 29.2 Å². The van der Waals surface area contributed by atoms with Gasteiger partial charge in [-0.05, 0) is 30.7 Å². The van der Waals surface area contributed by atoms with Gasteiger partial charge in [-0.15, -0.1) is 0 Å². The van der Waals surface area contributed by atoms with Gasteiger partial charge in [-0.25, -0.2) is 18.4 Å². The molecule has 1 aromatic rings. The molecule has 116 valence electrons. The van der Waals surface area contributed by atoms with Crippen LogP contribution in [0.4, 0.5) is 0 Å². The van der Waals surface area contributed by atoms with Crippen LogP contribution >= 0.6 is 0 Å². The molecule has 0 bridgehead atoms. The van der Waals surface area contributed by atoms with Crippen molar-refractivity contribution in [2.45, 2.75) is 30.7 Å². The normalized spacial score (nSPS) is 12.5. The van der Waals surface area contributed by atoms with Crippen LogP contribution in [-0.4, -0.2) is 33.4 Å². The molecule has 0 aliphatic rings. The maximum absolute atomic E-state index is 12.0. The highest BCUT2D eigenvalue weighted by molar-refractivity contribution is 7.89. The minimum Gasteiger partial charge on any atom is -0.467 e. The summed E-state index contributed by atoms with van der Waals surface area (Å²) >= 11 is 0. The van der Waals surface area contributed by atoms with Crippen molar-refractivity contribution in [3.05, 3.63) is 29.8 Å². The lowest BCUT2D eigenvalue weighted by atomic mass is 10.1. The Morgan fingerprint density at radius 3 is 2.29 bits per heavy atom. The van der Waals surface area contributed by atoms with Crippen LogP contribution in [0.3, 0.4) is 0 Å². The van der Waals surface area contributed by atoms with Crippen molar-refractivity contribution >= 4 is 21.9 Å². The maximum Gasteiger partial charge on any atom is 0.328 e. The molecular formula is C13H18N2O5S. The molecule has 3 N–H and O–H groups in total. The fraction of sp³-hybridized carbons (Fsp3) is 0.385. The van der Waals surface area contributed by atoms with E-state index in [4.69, 9.17) is 5.14 Å². The largest absolute Gasteiger partial charge is 0.467 e. The van der Waals surface area contributed by atoms with E-state index in [0.717, 1.165) is 0 Å². The molecule has 1 aromatic carbocycles. The molecule has 1 atom stereocenters. The van der Waals surface area contributed by atoms with Gasteiger partial charge in [0.15, 0.2) is 0 Å². The number of amides is 1. The van der Waals surface area contributed by atoms with Crippen LogP contribution in [0.2, 0.25) is 0 Å². The second-order valence-electron chi connectivity index (χ2n) is 4.41. The van der Waals surface area contributed by atoms with Crippen molar-refractivity contribution in [2.75, 3.05) is 7.11 Å². The quantitative estimate of drug-likeness (QED) is 0.738. The number of methoxy groups -OCH3 is 1. The van der Waals surface area contributed by atoms with Crippen molar-refractivity contribution in [1.29, 1.82) is 0 Å². The molecule has 0 saturated carbocycles. The summed E-state index contributed by atoms with van der Waals surface area (Å²) in [4.78, 5) is 23.4. The lowest BCUT2D eigenvalue weighted by Gasteiger charge is -2.15. The fourth-order valence-electron chi connectivity index (χ4n) is 1.72. The Kier molecular flexibility index (Phi) is 5.86. The standard InChI is InChI=1S/C13H18N2O5S/c1-3-4-11(13(17)20-2)15-12(16)9-5-7-10(8-6-9)21(14,18)19/h5-8,11H,3-4H2,1-2H3,(H,15,16)(H2,14,18,19)/t11-/m0/s1. The zero-order valence-corrected chi connectivity index (χ0v) is 12.6. The number of ether oxygens (including phenoxy) is 1. The number of carbonyl (C=O) groups is 2. The zero-order valence-electron chi connectivity index (χ0n) is 11.8. The van der Waals surface area contributed by atoms with Crippen molar-refractivity contribution in [3.63, 3.8) is 0 Å². The molecule has 0 saturated heterocycles. The molecule has 0 heterocycles. The number of nitrogens with two attached hydrogens (primary N) is 1. The molecular weight excluding hydrogens is 296 g/mol. The Morgan fingerprint density at radius 1 is 1.29 bits per heavy atom. The van der Waals surface area contributed by atoms with E-state index in [-0.39, 0.29) is 10.5 Å². The predicted molar refractivity (Wildman–Crippen MR) is 76.0 cm³/mol. The van der Waals surface area contributed by atoms with E-state index < -0.39 is 27.9 Å². The van der Waals surface area contributed by atoms with E-state index in [9.17, 15) is 18.0 Å². The number of nitrogens with one attached hydrogen (secondary N) is 1. The Bertz CT molecular complexity index is 610. The smallest absolute Gasteiger partial charge is 0.328 e. The molecule has 1 amide bonds. The van der Waals surface area contributed by atoms with E-state index in [0.29, 0.717) is 12.8 Å². The number of rotatable bonds is 6. The lowest BCUT2D eigenvalue weighted by Crippen LogP contribution is -2.41. The van der Waals surface area contributed by atoms with Gasteiger partial charge in [-0.3, -0.25) is 4.79 Å². The first-order valence-corrected chi connectivity index (χ1v) is 7.85. The summed E-state index contributed by atoms with van der Waals surface area (Å²) < 4.78 is 26.9. The van der Waals surface area contributed by atoms with E-state index in [1.54, 1.807) is 0 Å². The second-order valence-corrected chi connectivity index (χ2v) is 5.97. The third-order valence-electron chi connectivity index (χ3n) is 2.81. The molecule has 7 nitrogen and oxygen atoms in total. The number of esters is 1. The maximum atomic E-state index is 12.0. The van der Waals surface area contributed by atoms with Gasteiger partial charge in [0.2, 0.25) is 10.0 Å². The van der Waals surface area contributed by atoms with Crippen LogP contribution in [0.25, 0.3) is 0 Å². The van der Waals surface area contributed by atoms with Crippen LogP contribution < -0.4 is 10.5 Å². The van der Waals surface area contributed by atoms with Gasteiger partial charge in [0.05, 0.1) is 12.0 Å². The van der Waals surface area contributed by atoms with E-state index in [1.165, 1.54) is 31.4 Å². The number of primary sulfonamides is 1. The number of hydrogen-bond donors (Lipinski definition) is 2. The zero-order chi connectivity index (χ0) is 16.0. The summed E-state index contributed by atoms with van der Waals surface area (Å²) in [6, 6.07) is 4.39. The Morgan fingerprint density at radius 2 is 1.86 bits per heavy atom. The highest BCUT2D eigenvalue weighted by Gasteiger charge is 2.21. The third-order valence-corrected chi connectivity index (χ3v) is 3.74. The molecule has 0 aromatic heterocycles. The van der Waals surface area contributed by atoms with E-state index >= 15 is 0 Å². The summed E-state index contributed by atoms with van der Waals surface area (Å²) in [5.74, 6) is -1.01. The first-order valence-electron chi connectivity index (χ1n) is 6.31. The topological polar surface area (TPSA) is 116 Å². The Hall–Kier alpha value is -1.93. The summed E-state index contributed by atoms with van der Waals surface area (Å²) in [6.07, 6.45) is 1.15. The number of hydrogen-bond acceptors (Lipinski definition) is 5. The van der Waals surface area contributed by atoms with Gasteiger partial charge < -0.3 is 10.1 Å².